The number of hydrogen-bond donors (Lipinski definition) is 1. The van der Waals surface area contributed by atoms with E-state index in [1.54, 1.807) is 26.0 Å². The van der Waals surface area contributed by atoms with Crippen LogP contribution in [0.4, 0.5) is 10.1 Å². The molecule has 1 unspecified atom stereocenters. The molecule has 1 atom stereocenters. The van der Waals surface area contributed by atoms with E-state index in [1.807, 2.05) is 6.92 Å². The van der Waals surface area contributed by atoms with E-state index in [1.165, 1.54) is 6.07 Å². The van der Waals surface area contributed by atoms with Crippen molar-refractivity contribution in [2.24, 2.45) is 0 Å². The molecule has 0 aliphatic carbocycles. The van der Waals surface area contributed by atoms with Crippen LogP contribution >= 0.6 is 0 Å². The average Bonchev–Trinajstić information content (AvgIpc) is 2.33. The van der Waals surface area contributed by atoms with Crippen LogP contribution in [-0.2, 0) is 9.53 Å². The normalized spacial score (nSPS) is 12.0. The zero-order chi connectivity index (χ0) is 13.5. The molecule has 0 saturated carbocycles. The molecule has 1 rings (SSSR count). The predicted octanol–water partition coefficient (Wildman–Crippen LogP) is 3.28. The number of esters is 1. The highest BCUT2D eigenvalue weighted by molar-refractivity contribution is 5.79. The van der Waals surface area contributed by atoms with E-state index in [0.717, 1.165) is 12.1 Å². The number of benzene rings is 1. The average molecular weight is 253 g/mol. The van der Waals surface area contributed by atoms with Crippen LogP contribution < -0.4 is 5.32 Å². The van der Waals surface area contributed by atoms with Gasteiger partial charge in [-0.3, -0.25) is 0 Å². The molecule has 1 aromatic rings. The summed E-state index contributed by atoms with van der Waals surface area (Å²) in [5, 5.41) is 3.09. The van der Waals surface area contributed by atoms with Gasteiger partial charge in [-0.2, -0.15) is 0 Å². The van der Waals surface area contributed by atoms with Crippen molar-refractivity contribution in [2.75, 3.05) is 11.9 Å². The lowest BCUT2D eigenvalue weighted by atomic mass is 10.1. The Bertz CT molecular complexity index is 407. The molecule has 0 spiro atoms. The first-order valence-electron chi connectivity index (χ1n) is 6.27. The SMILES string of the molecule is CCCC(Nc1ccc(F)c(C)c1)C(=O)OCC. The third-order valence-corrected chi connectivity index (χ3v) is 2.65. The predicted molar refractivity (Wildman–Crippen MR) is 70.1 cm³/mol. The molecule has 0 fully saturated rings. The van der Waals surface area contributed by atoms with E-state index in [4.69, 9.17) is 4.74 Å². The summed E-state index contributed by atoms with van der Waals surface area (Å²) >= 11 is 0. The monoisotopic (exact) mass is 253 g/mol. The fourth-order valence-electron chi connectivity index (χ4n) is 1.72. The van der Waals surface area contributed by atoms with Crippen molar-refractivity contribution in [3.05, 3.63) is 29.6 Å². The molecule has 1 aromatic carbocycles. The number of carbonyl (C=O) groups excluding carboxylic acids is 1. The Kier molecular flexibility index (Phi) is 5.62. The highest BCUT2D eigenvalue weighted by Gasteiger charge is 2.18. The summed E-state index contributed by atoms with van der Waals surface area (Å²) in [6, 6.07) is 4.34. The number of carbonyl (C=O) groups is 1. The summed E-state index contributed by atoms with van der Waals surface area (Å²) in [4.78, 5) is 11.7. The first kappa shape index (κ1) is 14.5. The molecule has 0 aromatic heterocycles. The fourth-order valence-corrected chi connectivity index (χ4v) is 1.72. The second-order valence-corrected chi connectivity index (χ2v) is 4.20. The zero-order valence-corrected chi connectivity index (χ0v) is 11.1. The zero-order valence-electron chi connectivity index (χ0n) is 11.1. The molecule has 3 nitrogen and oxygen atoms in total. The number of ether oxygens (including phenoxy) is 1. The first-order chi connectivity index (χ1) is 8.58. The highest BCUT2D eigenvalue weighted by atomic mass is 19.1. The molecule has 100 valence electrons. The Labute approximate surface area is 107 Å². The molecule has 0 saturated heterocycles. The molecule has 4 heteroatoms. The number of anilines is 1. The molecule has 0 aliphatic rings. The highest BCUT2D eigenvalue weighted by Crippen LogP contribution is 2.16. The van der Waals surface area contributed by atoms with E-state index in [-0.39, 0.29) is 17.8 Å². The molecule has 1 N–H and O–H groups in total. The van der Waals surface area contributed by atoms with Crippen LogP contribution in [0.1, 0.15) is 32.3 Å². The number of rotatable bonds is 6. The minimum atomic E-state index is -0.375. The van der Waals surface area contributed by atoms with Gasteiger partial charge in [0, 0.05) is 5.69 Å². The van der Waals surface area contributed by atoms with Crippen molar-refractivity contribution in [1.29, 1.82) is 0 Å². The van der Waals surface area contributed by atoms with Gasteiger partial charge in [-0.25, -0.2) is 9.18 Å². The maximum Gasteiger partial charge on any atom is 0.328 e. The topological polar surface area (TPSA) is 38.3 Å². The molecule has 0 amide bonds. The Morgan fingerprint density at radius 3 is 2.72 bits per heavy atom. The molecular formula is C14H20FNO2. The van der Waals surface area contributed by atoms with E-state index < -0.39 is 0 Å². The van der Waals surface area contributed by atoms with E-state index >= 15 is 0 Å². The smallest absolute Gasteiger partial charge is 0.328 e. The van der Waals surface area contributed by atoms with Gasteiger partial charge < -0.3 is 10.1 Å². The van der Waals surface area contributed by atoms with Gasteiger partial charge in [0.1, 0.15) is 11.9 Å². The fraction of sp³-hybridized carbons (Fsp3) is 0.500. The molecular weight excluding hydrogens is 233 g/mol. The van der Waals surface area contributed by atoms with Gasteiger partial charge in [-0.1, -0.05) is 13.3 Å². The van der Waals surface area contributed by atoms with Crippen molar-refractivity contribution >= 4 is 11.7 Å². The number of nitrogens with one attached hydrogen (secondary N) is 1. The standard InChI is InChI=1S/C14H20FNO2/c1-4-6-13(14(17)18-5-2)16-11-7-8-12(15)10(3)9-11/h7-9,13,16H,4-6H2,1-3H3. The number of halogens is 1. The van der Waals surface area contributed by atoms with Crippen molar-refractivity contribution in [3.8, 4) is 0 Å². The summed E-state index contributed by atoms with van der Waals surface area (Å²) in [6.07, 6.45) is 1.56. The van der Waals surface area contributed by atoms with Crippen LogP contribution in [0.5, 0.6) is 0 Å². The summed E-state index contributed by atoms with van der Waals surface area (Å²) in [5.41, 5.74) is 1.29. The molecule has 18 heavy (non-hydrogen) atoms. The van der Waals surface area contributed by atoms with Crippen molar-refractivity contribution < 1.29 is 13.9 Å². The lowest BCUT2D eigenvalue weighted by molar-refractivity contribution is -0.144. The van der Waals surface area contributed by atoms with Gasteiger partial charge in [0.15, 0.2) is 0 Å². The summed E-state index contributed by atoms with van der Waals surface area (Å²) in [7, 11) is 0. The maximum atomic E-state index is 13.1. The van der Waals surface area contributed by atoms with Crippen LogP contribution in [0.25, 0.3) is 0 Å². The maximum absolute atomic E-state index is 13.1. The molecule has 0 bridgehead atoms. The molecule has 0 heterocycles. The van der Waals surface area contributed by atoms with E-state index in [2.05, 4.69) is 5.32 Å². The van der Waals surface area contributed by atoms with Gasteiger partial charge in [-0.05, 0) is 44.0 Å². The number of hydrogen-bond acceptors (Lipinski definition) is 3. The Balaban J connectivity index is 2.76. The van der Waals surface area contributed by atoms with Crippen LogP contribution in [-0.4, -0.2) is 18.6 Å². The Morgan fingerprint density at radius 2 is 2.17 bits per heavy atom. The van der Waals surface area contributed by atoms with Gasteiger partial charge in [-0.15, -0.1) is 0 Å². The van der Waals surface area contributed by atoms with Gasteiger partial charge in [0.2, 0.25) is 0 Å². The Morgan fingerprint density at radius 1 is 1.44 bits per heavy atom. The van der Waals surface area contributed by atoms with Gasteiger partial charge >= 0.3 is 5.97 Å². The van der Waals surface area contributed by atoms with Crippen LogP contribution in [0.2, 0.25) is 0 Å². The quantitative estimate of drug-likeness (QED) is 0.791. The largest absolute Gasteiger partial charge is 0.464 e. The van der Waals surface area contributed by atoms with Crippen molar-refractivity contribution in [1.82, 2.24) is 0 Å². The third-order valence-electron chi connectivity index (χ3n) is 2.65. The van der Waals surface area contributed by atoms with Crippen LogP contribution in [0.3, 0.4) is 0 Å². The second kappa shape index (κ2) is 6.99. The third kappa shape index (κ3) is 4.02. The van der Waals surface area contributed by atoms with Crippen LogP contribution in [0, 0.1) is 12.7 Å². The molecule has 0 aliphatic heterocycles. The van der Waals surface area contributed by atoms with Gasteiger partial charge in [0.25, 0.3) is 0 Å². The first-order valence-corrected chi connectivity index (χ1v) is 6.27. The lowest BCUT2D eigenvalue weighted by Gasteiger charge is -2.18. The summed E-state index contributed by atoms with van der Waals surface area (Å²) < 4.78 is 18.2. The lowest BCUT2D eigenvalue weighted by Crippen LogP contribution is -2.31. The van der Waals surface area contributed by atoms with Crippen LogP contribution in [0.15, 0.2) is 18.2 Å². The molecule has 0 radical (unpaired) electrons. The summed E-state index contributed by atoms with van der Waals surface area (Å²) in [6.45, 7) is 5.84. The van der Waals surface area contributed by atoms with Gasteiger partial charge in [0.05, 0.1) is 6.61 Å². The Hall–Kier alpha value is -1.58. The summed E-state index contributed by atoms with van der Waals surface area (Å²) in [5.74, 6) is -0.509. The number of aryl methyl sites for hydroxylation is 1. The van der Waals surface area contributed by atoms with Crippen molar-refractivity contribution in [3.63, 3.8) is 0 Å². The van der Waals surface area contributed by atoms with E-state index in [0.29, 0.717) is 18.6 Å². The minimum Gasteiger partial charge on any atom is -0.464 e. The van der Waals surface area contributed by atoms with E-state index in [9.17, 15) is 9.18 Å². The minimum absolute atomic E-state index is 0.247. The second-order valence-electron chi connectivity index (χ2n) is 4.20. The van der Waals surface area contributed by atoms with Crippen molar-refractivity contribution in [2.45, 2.75) is 39.7 Å².